The van der Waals surface area contributed by atoms with E-state index in [4.69, 9.17) is 24.5 Å². The molecule has 0 aliphatic carbocycles. The van der Waals surface area contributed by atoms with Crippen LogP contribution in [0.25, 0.3) is 0 Å². The minimum atomic E-state index is -4.62. The fourth-order valence-electron chi connectivity index (χ4n) is 5.72. The van der Waals surface area contributed by atoms with Crippen LogP contribution in [-0.4, -0.2) is 157 Å². The van der Waals surface area contributed by atoms with Gasteiger partial charge in [0.1, 0.15) is 30.2 Å². The fraction of sp³-hybridized carbons (Fsp3) is 0.676. The smallest absolute Gasteiger partial charge is 0.394 e. The minimum absolute atomic E-state index is 0.0105. The van der Waals surface area contributed by atoms with Gasteiger partial charge in [-0.2, -0.15) is 0 Å². The molecule has 322 valence electrons. The molecule has 0 aromatic carbocycles. The third-order valence-electron chi connectivity index (χ3n) is 8.60. The number of H-pyrrole nitrogens is 1. The Morgan fingerprint density at radius 1 is 1.04 bits per heavy atom. The maximum atomic E-state index is 13.9. The Morgan fingerprint density at radius 3 is 2.28 bits per heavy atom. The van der Waals surface area contributed by atoms with Gasteiger partial charge in [0, 0.05) is 45.5 Å². The molecular weight excluding hydrogens is 775 g/mol. The van der Waals surface area contributed by atoms with Crippen LogP contribution in [0.5, 0.6) is 0 Å². The molecule has 0 saturated carbocycles. The van der Waals surface area contributed by atoms with Gasteiger partial charge in [0.25, 0.3) is 0 Å². The van der Waals surface area contributed by atoms with E-state index in [0.717, 1.165) is 14.0 Å². The molecule has 1 aliphatic heterocycles. The molecule has 2 rings (SSSR count). The number of carbonyl (C=O) groups is 6. The van der Waals surface area contributed by atoms with Crippen LogP contribution in [-0.2, 0) is 63.0 Å². The standard InChI is InChI=1S/C34H57N8O14P/c1-7-9-55-23-15-27(42(17-23)28(44)8-10-54-12-11-52-5)34(49)39-24(13-20(2)3)31(46)38-25(14-22-16-36-19-37-22)32(47)40-26(18-43)33(48)41-29(30(35)45)21(4)56-57(50,51)53-6/h7,16,19-21,23-27,29,43H,1,8-15,17-18H2,2-6H3,(H2,35,45)(H,36,37)(H,38,46)(H,39,49)(H,40,47)(H,41,48)(H,50,51)/t21-,23+,24+,25+,26+,27+,29+/m1/s1. The van der Waals surface area contributed by atoms with Gasteiger partial charge in [0.15, 0.2) is 0 Å². The van der Waals surface area contributed by atoms with Crippen LogP contribution < -0.4 is 27.0 Å². The summed E-state index contributed by atoms with van der Waals surface area (Å²) in [6.07, 6.45) is 2.39. The first kappa shape index (κ1) is 48.9. The van der Waals surface area contributed by atoms with Gasteiger partial charge in [-0.15, -0.1) is 6.58 Å². The van der Waals surface area contributed by atoms with Crippen LogP contribution in [0.2, 0.25) is 0 Å². The zero-order chi connectivity index (χ0) is 42.7. The van der Waals surface area contributed by atoms with Crippen LogP contribution in [0, 0.1) is 5.92 Å². The van der Waals surface area contributed by atoms with Gasteiger partial charge in [-0.05, 0) is 19.3 Å². The van der Waals surface area contributed by atoms with E-state index in [1.54, 1.807) is 6.08 Å². The molecule has 22 nitrogen and oxygen atoms in total. The van der Waals surface area contributed by atoms with Gasteiger partial charge >= 0.3 is 7.82 Å². The molecule has 0 spiro atoms. The molecule has 9 N–H and O–H groups in total. The first-order valence-electron chi connectivity index (χ1n) is 18.2. The molecule has 1 saturated heterocycles. The number of rotatable bonds is 27. The summed E-state index contributed by atoms with van der Waals surface area (Å²) in [4.78, 5) is 97.8. The van der Waals surface area contributed by atoms with Gasteiger partial charge in [0.2, 0.25) is 35.4 Å². The Balaban J connectivity index is 2.27. The number of carbonyl (C=O) groups excluding carboxylic acids is 6. The van der Waals surface area contributed by atoms with Gasteiger partial charge in [-0.25, -0.2) is 9.55 Å². The highest BCUT2D eigenvalue weighted by Crippen LogP contribution is 2.43. The van der Waals surface area contributed by atoms with Gasteiger partial charge in [0.05, 0.1) is 58.0 Å². The molecule has 1 unspecified atom stereocenters. The van der Waals surface area contributed by atoms with Crippen molar-refractivity contribution >= 4 is 43.3 Å². The van der Waals surface area contributed by atoms with E-state index >= 15 is 0 Å². The topological polar surface area (TPSA) is 312 Å². The van der Waals surface area contributed by atoms with E-state index in [2.05, 4.69) is 42.3 Å². The first-order valence-corrected chi connectivity index (χ1v) is 19.7. The summed E-state index contributed by atoms with van der Waals surface area (Å²) in [6, 6.07) is -7.01. The van der Waals surface area contributed by atoms with E-state index in [1.807, 2.05) is 13.8 Å². The van der Waals surface area contributed by atoms with Crippen molar-refractivity contribution in [1.82, 2.24) is 36.1 Å². The van der Waals surface area contributed by atoms with Gasteiger partial charge in [-0.1, -0.05) is 19.9 Å². The Morgan fingerprint density at radius 2 is 1.70 bits per heavy atom. The van der Waals surface area contributed by atoms with E-state index in [1.165, 1.54) is 24.5 Å². The quantitative estimate of drug-likeness (QED) is 0.0265. The van der Waals surface area contributed by atoms with Crippen molar-refractivity contribution in [2.45, 2.75) is 88.9 Å². The lowest BCUT2D eigenvalue weighted by Crippen LogP contribution is -2.61. The SMILES string of the molecule is C=CCO[C@H]1C[C@@H](C(=O)N[C@@H](CC(C)C)C(=O)N[C@@H](Cc2cnc[nH]2)C(=O)N[C@@H](CO)C(=O)N[C@H](C(N)=O)[C@@H](C)OP(=O)(O)OC)N(C(=O)CCOCCOC)C1. The zero-order valence-electron chi connectivity index (χ0n) is 32.8. The Hall–Kier alpha value is -4.28. The van der Waals surface area contributed by atoms with E-state index in [-0.39, 0.29) is 63.9 Å². The van der Waals surface area contributed by atoms with E-state index in [0.29, 0.717) is 12.3 Å². The normalized spacial score (nSPS) is 19.1. The number of aliphatic hydroxyl groups excluding tert-OH is 1. The maximum Gasteiger partial charge on any atom is 0.472 e. The largest absolute Gasteiger partial charge is 0.472 e. The first-order chi connectivity index (χ1) is 27.0. The second-order valence-electron chi connectivity index (χ2n) is 13.5. The summed E-state index contributed by atoms with van der Waals surface area (Å²) < 4.78 is 37.2. The second-order valence-corrected chi connectivity index (χ2v) is 15.0. The number of aliphatic hydroxyl groups is 1. The molecule has 8 atom stereocenters. The van der Waals surface area contributed by atoms with Crippen LogP contribution in [0.4, 0.5) is 0 Å². The average molecular weight is 833 g/mol. The number of likely N-dealkylation sites (tertiary alicyclic amines) is 1. The predicted octanol–water partition coefficient (Wildman–Crippen LogP) is -2.21. The lowest BCUT2D eigenvalue weighted by molar-refractivity contribution is -0.140. The van der Waals surface area contributed by atoms with Crippen LogP contribution in [0.15, 0.2) is 25.2 Å². The average Bonchev–Trinajstić information content (AvgIpc) is 3.84. The highest BCUT2D eigenvalue weighted by molar-refractivity contribution is 7.47. The summed E-state index contributed by atoms with van der Waals surface area (Å²) in [7, 11) is -2.21. The zero-order valence-corrected chi connectivity index (χ0v) is 33.7. The lowest BCUT2D eigenvalue weighted by atomic mass is 10.0. The van der Waals surface area contributed by atoms with Crippen molar-refractivity contribution in [3.8, 4) is 0 Å². The van der Waals surface area contributed by atoms with Gasteiger partial charge in [-0.3, -0.25) is 37.8 Å². The molecule has 0 radical (unpaired) electrons. The number of phosphoric acid groups is 1. The predicted molar refractivity (Wildman–Crippen MR) is 200 cm³/mol. The maximum absolute atomic E-state index is 13.9. The summed E-state index contributed by atoms with van der Waals surface area (Å²) >= 11 is 0. The number of nitrogens with zero attached hydrogens (tertiary/aromatic N) is 2. The molecule has 6 amide bonds. The number of primary amides is 1. The Bertz CT molecular complexity index is 1530. The third kappa shape index (κ3) is 16.6. The van der Waals surface area contributed by atoms with Gasteiger partial charge < -0.3 is 61.1 Å². The number of ether oxygens (including phenoxy) is 3. The highest BCUT2D eigenvalue weighted by Gasteiger charge is 2.41. The fourth-order valence-corrected chi connectivity index (χ4v) is 6.34. The molecule has 2 heterocycles. The van der Waals surface area contributed by atoms with Crippen molar-refractivity contribution < 1.29 is 66.6 Å². The number of nitrogens with one attached hydrogen (secondary N) is 5. The van der Waals surface area contributed by atoms with Crippen LogP contribution in [0.3, 0.4) is 0 Å². The molecule has 1 fully saturated rings. The second kappa shape index (κ2) is 24.5. The number of hydrogen-bond acceptors (Lipinski definition) is 14. The summed E-state index contributed by atoms with van der Waals surface area (Å²) in [5, 5.41) is 19.9. The summed E-state index contributed by atoms with van der Waals surface area (Å²) in [5.74, 6) is -5.13. The molecule has 0 bridgehead atoms. The number of nitrogens with two attached hydrogens (primary N) is 1. The number of phosphoric ester groups is 1. The molecular formula is C34H57N8O14P. The number of amides is 6. The minimum Gasteiger partial charge on any atom is -0.394 e. The number of imidazole rings is 1. The van der Waals surface area contributed by atoms with Crippen molar-refractivity contribution in [3.05, 3.63) is 30.9 Å². The molecule has 1 aromatic heterocycles. The Labute approximate surface area is 330 Å². The summed E-state index contributed by atoms with van der Waals surface area (Å²) in [5.41, 5.74) is 5.76. The highest BCUT2D eigenvalue weighted by atomic mass is 31.2. The third-order valence-corrected chi connectivity index (χ3v) is 9.66. The molecule has 1 aliphatic rings. The lowest BCUT2D eigenvalue weighted by Gasteiger charge is -2.28. The van der Waals surface area contributed by atoms with Crippen molar-refractivity contribution in [2.24, 2.45) is 11.7 Å². The Kier molecular flexibility index (Phi) is 21.0. The number of aromatic nitrogens is 2. The van der Waals surface area contributed by atoms with Crippen LogP contribution >= 0.6 is 7.82 Å². The number of aromatic amines is 1. The molecule has 57 heavy (non-hydrogen) atoms. The van der Waals surface area contributed by atoms with E-state index < -0.39 is 86.4 Å². The summed E-state index contributed by atoms with van der Waals surface area (Å²) in [6.45, 7) is 8.50. The molecule has 23 heteroatoms. The molecule has 1 aromatic rings. The number of methoxy groups -OCH3 is 1. The van der Waals surface area contributed by atoms with Crippen LogP contribution in [0.1, 0.15) is 45.7 Å². The van der Waals surface area contributed by atoms with E-state index in [9.17, 15) is 43.3 Å². The number of hydrogen-bond donors (Lipinski definition) is 8. The van der Waals surface area contributed by atoms with Crippen molar-refractivity contribution in [3.63, 3.8) is 0 Å². The van der Waals surface area contributed by atoms with Crippen molar-refractivity contribution in [2.75, 3.05) is 53.8 Å². The monoisotopic (exact) mass is 832 g/mol. The van der Waals surface area contributed by atoms with Crippen molar-refractivity contribution in [1.29, 1.82) is 0 Å².